The van der Waals surface area contributed by atoms with E-state index in [-0.39, 0.29) is 12.5 Å². The van der Waals surface area contributed by atoms with Gasteiger partial charge in [-0.15, -0.1) is 0 Å². The molecule has 0 rings (SSSR count). The Morgan fingerprint density at radius 1 is 0.434 bits per heavy atom. The van der Waals surface area contributed by atoms with Gasteiger partial charge in [0.05, 0.1) is 18.8 Å². The van der Waals surface area contributed by atoms with Gasteiger partial charge in [-0.1, -0.05) is 250 Å². The summed E-state index contributed by atoms with van der Waals surface area (Å²) in [4.78, 5) is 12.3. The van der Waals surface area contributed by atoms with Crippen LogP contribution in [-0.4, -0.2) is 34.9 Å². The largest absolute Gasteiger partial charge is 0.394 e. The summed E-state index contributed by atoms with van der Waals surface area (Å²) < 4.78 is 0. The number of nitrogens with one attached hydrogen (secondary N) is 1. The molecule has 4 nitrogen and oxygen atoms in total. The van der Waals surface area contributed by atoms with E-state index in [4.69, 9.17) is 0 Å². The van der Waals surface area contributed by atoms with Crippen molar-refractivity contribution in [2.24, 2.45) is 0 Å². The number of aliphatic hydroxyl groups excluding tert-OH is 2. The lowest BCUT2D eigenvalue weighted by atomic mass is 10.0. The Morgan fingerprint density at radius 3 is 1.09 bits per heavy atom. The summed E-state index contributed by atoms with van der Waals surface area (Å²) in [5, 5.41) is 22.8. The third-order valence-electron chi connectivity index (χ3n) is 11.2. The number of aliphatic hydroxyl groups is 2. The van der Waals surface area contributed by atoms with Gasteiger partial charge < -0.3 is 15.5 Å². The van der Waals surface area contributed by atoms with Crippen molar-refractivity contribution in [1.29, 1.82) is 0 Å². The van der Waals surface area contributed by atoms with Gasteiger partial charge in [0.25, 0.3) is 0 Å². The highest BCUT2D eigenvalue weighted by Gasteiger charge is 2.17. The Morgan fingerprint density at radius 2 is 0.736 bits per heavy atom. The van der Waals surface area contributed by atoms with Crippen molar-refractivity contribution < 1.29 is 15.0 Å². The molecule has 0 saturated carbocycles. The van der Waals surface area contributed by atoms with Crippen LogP contribution < -0.4 is 5.32 Å². The maximum absolute atomic E-state index is 12.3. The molecule has 1 amide bonds. The average Bonchev–Trinajstić information content (AvgIpc) is 3.16. The average molecular weight is 746 g/mol. The van der Waals surface area contributed by atoms with Gasteiger partial charge in [-0.25, -0.2) is 0 Å². The highest BCUT2D eigenvalue weighted by molar-refractivity contribution is 5.76. The first-order valence-corrected chi connectivity index (χ1v) is 24.1. The quantitative estimate of drug-likeness (QED) is 0.0430. The van der Waals surface area contributed by atoms with Crippen LogP contribution in [0, 0.1) is 0 Å². The molecule has 4 heteroatoms. The van der Waals surface area contributed by atoms with Crippen LogP contribution >= 0.6 is 0 Å². The molecule has 2 unspecified atom stereocenters. The predicted molar refractivity (Wildman–Crippen MR) is 235 cm³/mol. The molecule has 53 heavy (non-hydrogen) atoms. The maximum Gasteiger partial charge on any atom is 0.220 e. The van der Waals surface area contributed by atoms with Crippen LogP contribution in [0.15, 0.2) is 24.3 Å². The second-order valence-electron chi connectivity index (χ2n) is 16.5. The van der Waals surface area contributed by atoms with Crippen LogP contribution in [0.3, 0.4) is 0 Å². The van der Waals surface area contributed by atoms with Crippen molar-refractivity contribution in [2.75, 3.05) is 6.61 Å². The monoisotopic (exact) mass is 746 g/mol. The third kappa shape index (κ3) is 41.9. The number of carbonyl (C=O) groups excluding carboxylic acids is 1. The molecule has 314 valence electrons. The van der Waals surface area contributed by atoms with Crippen molar-refractivity contribution >= 4 is 5.91 Å². The number of hydrogen-bond acceptors (Lipinski definition) is 3. The van der Waals surface area contributed by atoms with E-state index in [0.29, 0.717) is 6.42 Å². The summed E-state index contributed by atoms with van der Waals surface area (Å²) in [6.45, 7) is 4.26. The zero-order valence-electron chi connectivity index (χ0n) is 36.1. The maximum atomic E-state index is 12.3. The minimum atomic E-state index is -0.856. The molecule has 0 aromatic rings. The van der Waals surface area contributed by atoms with Gasteiger partial charge in [0.15, 0.2) is 0 Å². The van der Waals surface area contributed by atoms with E-state index < -0.39 is 12.1 Å². The number of unbranched alkanes of at least 4 members (excludes halogenated alkanes) is 35. The molecule has 2 atom stereocenters. The second-order valence-corrected chi connectivity index (χ2v) is 16.5. The Kier molecular flexibility index (Phi) is 44.3. The Bertz CT molecular complexity index is 765. The highest BCUT2D eigenvalue weighted by atomic mass is 16.3. The van der Waals surface area contributed by atoms with Crippen LogP contribution in [0.1, 0.15) is 264 Å². The molecule has 0 heterocycles. The predicted octanol–water partition coefficient (Wildman–Crippen LogP) is 15.2. The number of allylic oxidation sites excluding steroid dienone is 3. The lowest BCUT2D eigenvalue weighted by molar-refractivity contribution is -0.123. The highest BCUT2D eigenvalue weighted by Crippen LogP contribution is 2.17. The van der Waals surface area contributed by atoms with Gasteiger partial charge in [-0.2, -0.15) is 0 Å². The Hall–Kier alpha value is -1.13. The fraction of sp³-hybridized carbons (Fsp3) is 0.898. The van der Waals surface area contributed by atoms with Gasteiger partial charge in [-0.05, 0) is 32.1 Å². The van der Waals surface area contributed by atoms with Crippen molar-refractivity contribution in [3.63, 3.8) is 0 Å². The Labute approximate surface area is 332 Å². The van der Waals surface area contributed by atoms with Crippen molar-refractivity contribution in [3.8, 4) is 0 Å². The number of amides is 1. The van der Waals surface area contributed by atoms with Gasteiger partial charge in [-0.3, -0.25) is 4.79 Å². The van der Waals surface area contributed by atoms with E-state index in [9.17, 15) is 15.0 Å². The van der Waals surface area contributed by atoms with Crippen LogP contribution in [0.25, 0.3) is 0 Å². The third-order valence-corrected chi connectivity index (χ3v) is 11.2. The topological polar surface area (TPSA) is 69.6 Å². The molecule has 3 N–H and O–H groups in total. The minimum Gasteiger partial charge on any atom is -0.394 e. The van der Waals surface area contributed by atoms with E-state index in [1.165, 1.54) is 212 Å². The van der Waals surface area contributed by atoms with E-state index in [1.807, 2.05) is 6.08 Å². The number of carbonyl (C=O) groups is 1. The van der Waals surface area contributed by atoms with Crippen molar-refractivity contribution in [3.05, 3.63) is 24.3 Å². The fourth-order valence-corrected chi connectivity index (χ4v) is 7.49. The van der Waals surface area contributed by atoms with Crippen LogP contribution in [-0.2, 0) is 4.79 Å². The van der Waals surface area contributed by atoms with Gasteiger partial charge in [0, 0.05) is 6.42 Å². The van der Waals surface area contributed by atoms with Crippen LogP contribution in [0.4, 0.5) is 0 Å². The van der Waals surface area contributed by atoms with E-state index >= 15 is 0 Å². The molecule has 0 radical (unpaired) electrons. The second kappa shape index (κ2) is 45.3. The summed E-state index contributed by atoms with van der Waals surface area (Å²) in [6, 6.07) is -0.633. The molecule has 0 aromatic carbocycles. The molecular formula is C49H95NO3. The minimum absolute atomic E-state index is 0.0721. The molecule has 0 aromatic heterocycles. The fourth-order valence-electron chi connectivity index (χ4n) is 7.49. The smallest absolute Gasteiger partial charge is 0.220 e. The number of hydrogen-bond donors (Lipinski definition) is 3. The zero-order valence-corrected chi connectivity index (χ0v) is 36.1. The van der Waals surface area contributed by atoms with E-state index in [2.05, 4.69) is 31.3 Å². The molecule has 0 aliphatic rings. The zero-order chi connectivity index (χ0) is 38.6. The van der Waals surface area contributed by atoms with Crippen molar-refractivity contribution in [2.45, 2.75) is 276 Å². The number of rotatable bonds is 44. The lowest BCUT2D eigenvalue weighted by Crippen LogP contribution is -2.45. The van der Waals surface area contributed by atoms with Gasteiger partial charge in [0.1, 0.15) is 0 Å². The SMILES string of the molecule is CCCCC/C=C/CC/C=C/C(O)C(CO)NC(=O)CCCCCCCCCCCCCCCCCCCCCCCCCCCCCCCCCC. The summed E-state index contributed by atoms with van der Waals surface area (Å²) in [6.07, 6.45) is 59.1. The summed E-state index contributed by atoms with van der Waals surface area (Å²) in [5.41, 5.74) is 0. The molecule has 0 saturated heterocycles. The molecule has 0 aliphatic heterocycles. The summed E-state index contributed by atoms with van der Waals surface area (Å²) in [5.74, 6) is -0.0721. The standard InChI is InChI=1S/C49H95NO3/c1-3-5-7-9-11-13-14-15-16-17-18-19-20-21-22-23-24-25-26-27-28-29-30-31-32-33-34-35-37-39-41-43-45-49(53)50-47(46-51)48(52)44-42-40-38-36-12-10-8-6-4-2/h12,36,42,44,47-48,51-52H,3-11,13-35,37-41,43,45-46H2,1-2H3,(H,50,53)/b36-12+,44-42+. The molecule has 0 aliphatic carbocycles. The lowest BCUT2D eigenvalue weighted by Gasteiger charge is -2.19. The first-order valence-electron chi connectivity index (χ1n) is 24.1. The molecule has 0 fully saturated rings. The first-order chi connectivity index (χ1) is 26.2. The van der Waals surface area contributed by atoms with Crippen molar-refractivity contribution in [1.82, 2.24) is 5.32 Å². The molecule has 0 bridgehead atoms. The molecule has 0 spiro atoms. The van der Waals surface area contributed by atoms with Crippen LogP contribution in [0.2, 0.25) is 0 Å². The normalized spacial score (nSPS) is 13.1. The van der Waals surface area contributed by atoms with Gasteiger partial charge in [0.2, 0.25) is 5.91 Å². The van der Waals surface area contributed by atoms with Gasteiger partial charge >= 0.3 is 0 Å². The summed E-state index contributed by atoms with van der Waals surface area (Å²) >= 11 is 0. The summed E-state index contributed by atoms with van der Waals surface area (Å²) in [7, 11) is 0. The first kappa shape index (κ1) is 51.9. The molecular weight excluding hydrogens is 651 g/mol. The van der Waals surface area contributed by atoms with E-state index in [1.54, 1.807) is 6.08 Å². The van der Waals surface area contributed by atoms with E-state index in [0.717, 1.165) is 32.1 Å². The van der Waals surface area contributed by atoms with Crippen LogP contribution in [0.5, 0.6) is 0 Å². The Balaban J connectivity index is 3.37.